The second-order valence-corrected chi connectivity index (χ2v) is 4.76. The van der Waals surface area contributed by atoms with Gasteiger partial charge in [0.2, 0.25) is 0 Å². The minimum Gasteiger partial charge on any atom is -0.504 e. The highest BCUT2D eigenvalue weighted by molar-refractivity contribution is 5.55. The lowest BCUT2D eigenvalue weighted by Gasteiger charge is -2.06. The quantitative estimate of drug-likeness (QED) is 0.884. The first kappa shape index (κ1) is 15.8. The van der Waals surface area contributed by atoms with Crippen molar-refractivity contribution in [3.63, 3.8) is 0 Å². The second-order valence-electron chi connectivity index (χ2n) is 4.76. The Hall–Kier alpha value is -2.62. The Balaban J connectivity index is 2.12. The molecule has 116 valence electrons. The minimum atomic E-state index is 0.146. The Morgan fingerprint density at radius 1 is 0.909 bits per heavy atom. The van der Waals surface area contributed by atoms with Crippen LogP contribution in [-0.2, 0) is 6.42 Å². The van der Waals surface area contributed by atoms with Gasteiger partial charge in [0.15, 0.2) is 11.5 Å². The van der Waals surface area contributed by atoms with E-state index in [2.05, 4.69) is 0 Å². The molecule has 0 bridgehead atoms. The zero-order valence-corrected chi connectivity index (χ0v) is 13.0. The van der Waals surface area contributed by atoms with Crippen LogP contribution in [-0.4, -0.2) is 26.4 Å². The van der Waals surface area contributed by atoms with Crippen molar-refractivity contribution in [3.05, 3.63) is 53.6 Å². The summed E-state index contributed by atoms with van der Waals surface area (Å²) in [6.07, 6.45) is 4.78. The molecule has 2 aromatic rings. The van der Waals surface area contributed by atoms with Gasteiger partial charge >= 0.3 is 0 Å². The molecule has 0 atom stereocenters. The molecule has 4 heteroatoms. The number of methoxy groups -OCH3 is 3. The Morgan fingerprint density at radius 3 is 2.18 bits per heavy atom. The average molecular weight is 300 g/mol. The maximum absolute atomic E-state index is 9.58. The highest BCUT2D eigenvalue weighted by Crippen LogP contribution is 2.27. The van der Waals surface area contributed by atoms with Crippen molar-refractivity contribution in [2.24, 2.45) is 0 Å². The molecule has 0 radical (unpaired) electrons. The lowest BCUT2D eigenvalue weighted by Crippen LogP contribution is -1.89. The average Bonchev–Trinajstić information content (AvgIpc) is 2.56. The molecule has 0 aliphatic rings. The van der Waals surface area contributed by atoms with Gasteiger partial charge in [0, 0.05) is 6.07 Å². The molecule has 0 saturated heterocycles. The van der Waals surface area contributed by atoms with E-state index in [1.807, 2.05) is 42.5 Å². The van der Waals surface area contributed by atoms with Gasteiger partial charge < -0.3 is 19.3 Å². The van der Waals surface area contributed by atoms with E-state index in [9.17, 15) is 5.11 Å². The summed E-state index contributed by atoms with van der Waals surface area (Å²) in [4.78, 5) is 0. The lowest BCUT2D eigenvalue weighted by atomic mass is 10.1. The van der Waals surface area contributed by atoms with E-state index in [1.165, 1.54) is 7.11 Å². The molecular weight excluding hydrogens is 280 g/mol. The molecule has 22 heavy (non-hydrogen) atoms. The fourth-order valence-corrected chi connectivity index (χ4v) is 2.11. The molecule has 0 aliphatic heterocycles. The van der Waals surface area contributed by atoms with Gasteiger partial charge in [-0.3, -0.25) is 0 Å². The van der Waals surface area contributed by atoms with E-state index in [4.69, 9.17) is 14.2 Å². The highest BCUT2D eigenvalue weighted by atomic mass is 16.5. The Kier molecular flexibility index (Phi) is 5.31. The topological polar surface area (TPSA) is 47.9 Å². The highest BCUT2D eigenvalue weighted by Gasteiger charge is 2.02. The second kappa shape index (κ2) is 7.41. The maximum Gasteiger partial charge on any atom is 0.160 e. The van der Waals surface area contributed by atoms with Crippen LogP contribution in [0.5, 0.6) is 23.0 Å². The number of ether oxygens (including phenoxy) is 3. The van der Waals surface area contributed by atoms with E-state index in [0.717, 1.165) is 29.0 Å². The Morgan fingerprint density at radius 2 is 1.59 bits per heavy atom. The minimum absolute atomic E-state index is 0.146. The van der Waals surface area contributed by atoms with Crippen molar-refractivity contribution in [1.29, 1.82) is 0 Å². The maximum atomic E-state index is 9.58. The lowest BCUT2D eigenvalue weighted by molar-refractivity contribution is 0.373. The van der Waals surface area contributed by atoms with E-state index < -0.39 is 0 Å². The SMILES string of the molecule is COc1cc(/C=C/Cc2ccc(O)c(OC)c2)cc(OC)c1. The summed E-state index contributed by atoms with van der Waals surface area (Å²) in [7, 11) is 4.80. The smallest absolute Gasteiger partial charge is 0.160 e. The molecule has 0 fully saturated rings. The monoisotopic (exact) mass is 300 g/mol. The van der Waals surface area contributed by atoms with E-state index in [1.54, 1.807) is 20.3 Å². The third kappa shape index (κ3) is 3.95. The molecule has 0 aromatic heterocycles. The van der Waals surface area contributed by atoms with Gasteiger partial charge in [-0.25, -0.2) is 0 Å². The van der Waals surface area contributed by atoms with Gasteiger partial charge in [-0.2, -0.15) is 0 Å². The van der Waals surface area contributed by atoms with Crippen LogP contribution in [0.3, 0.4) is 0 Å². The van der Waals surface area contributed by atoms with Crippen LogP contribution in [0.4, 0.5) is 0 Å². The summed E-state index contributed by atoms with van der Waals surface area (Å²) < 4.78 is 15.6. The van der Waals surface area contributed by atoms with Crippen LogP contribution < -0.4 is 14.2 Å². The number of hydrogen-bond acceptors (Lipinski definition) is 4. The summed E-state index contributed by atoms with van der Waals surface area (Å²) in [5.41, 5.74) is 2.06. The number of aromatic hydroxyl groups is 1. The third-order valence-corrected chi connectivity index (χ3v) is 3.28. The van der Waals surface area contributed by atoms with Gasteiger partial charge in [0.05, 0.1) is 21.3 Å². The number of phenols is 1. The van der Waals surface area contributed by atoms with Crippen LogP contribution >= 0.6 is 0 Å². The molecule has 0 aliphatic carbocycles. The first-order valence-corrected chi connectivity index (χ1v) is 6.91. The molecule has 2 rings (SSSR count). The first-order valence-electron chi connectivity index (χ1n) is 6.91. The van der Waals surface area contributed by atoms with Crippen molar-refractivity contribution >= 4 is 6.08 Å². The normalized spacial score (nSPS) is 10.7. The van der Waals surface area contributed by atoms with Gasteiger partial charge in [0.25, 0.3) is 0 Å². The van der Waals surface area contributed by atoms with Crippen LogP contribution in [0.2, 0.25) is 0 Å². The van der Waals surface area contributed by atoms with Crippen LogP contribution in [0.15, 0.2) is 42.5 Å². The van der Waals surface area contributed by atoms with E-state index in [0.29, 0.717) is 5.75 Å². The molecule has 0 unspecified atom stereocenters. The summed E-state index contributed by atoms with van der Waals surface area (Å²) >= 11 is 0. The molecule has 0 saturated carbocycles. The molecule has 2 aromatic carbocycles. The largest absolute Gasteiger partial charge is 0.504 e. The Labute approximate surface area is 130 Å². The molecule has 4 nitrogen and oxygen atoms in total. The van der Waals surface area contributed by atoms with E-state index >= 15 is 0 Å². The van der Waals surface area contributed by atoms with Gasteiger partial charge in [-0.05, 0) is 41.8 Å². The van der Waals surface area contributed by atoms with Crippen molar-refractivity contribution in [2.75, 3.05) is 21.3 Å². The van der Waals surface area contributed by atoms with Crippen LogP contribution in [0.25, 0.3) is 6.08 Å². The molecule has 0 amide bonds. The molecule has 1 N–H and O–H groups in total. The number of hydrogen-bond donors (Lipinski definition) is 1. The number of allylic oxidation sites excluding steroid dienone is 1. The standard InChI is InChI=1S/C18H20O4/c1-20-15-9-14(10-16(12-15)21-2)6-4-5-13-7-8-17(19)18(11-13)22-3/h4,6-12,19H,5H2,1-3H3/b6-4+. The third-order valence-electron chi connectivity index (χ3n) is 3.28. The summed E-state index contributed by atoms with van der Waals surface area (Å²) in [6, 6.07) is 11.0. The molecule has 0 heterocycles. The number of benzene rings is 2. The summed E-state index contributed by atoms with van der Waals surface area (Å²) in [5, 5.41) is 9.58. The number of rotatable bonds is 6. The predicted molar refractivity (Wildman–Crippen MR) is 86.9 cm³/mol. The summed E-state index contributed by atoms with van der Waals surface area (Å²) in [6.45, 7) is 0. The van der Waals surface area contributed by atoms with Crippen LogP contribution in [0.1, 0.15) is 11.1 Å². The van der Waals surface area contributed by atoms with Gasteiger partial charge in [-0.15, -0.1) is 0 Å². The fourth-order valence-electron chi connectivity index (χ4n) is 2.11. The molecule has 0 spiro atoms. The predicted octanol–water partition coefficient (Wildman–Crippen LogP) is 3.67. The van der Waals surface area contributed by atoms with Crippen molar-refractivity contribution in [3.8, 4) is 23.0 Å². The van der Waals surface area contributed by atoms with Crippen LogP contribution in [0, 0.1) is 0 Å². The Bertz CT molecular complexity index is 640. The fraction of sp³-hybridized carbons (Fsp3) is 0.222. The van der Waals surface area contributed by atoms with E-state index in [-0.39, 0.29) is 5.75 Å². The van der Waals surface area contributed by atoms with Gasteiger partial charge in [0.1, 0.15) is 11.5 Å². The number of phenolic OH excluding ortho intramolecular Hbond substituents is 1. The first-order chi connectivity index (χ1) is 10.7. The zero-order valence-electron chi connectivity index (χ0n) is 13.0. The zero-order chi connectivity index (χ0) is 15.9. The van der Waals surface area contributed by atoms with Crippen molar-refractivity contribution in [1.82, 2.24) is 0 Å². The van der Waals surface area contributed by atoms with Gasteiger partial charge in [-0.1, -0.05) is 18.2 Å². The summed E-state index contributed by atoms with van der Waals surface area (Å²) in [5.74, 6) is 2.14. The molecular formula is C18H20O4. The van der Waals surface area contributed by atoms with Crippen molar-refractivity contribution < 1.29 is 19.3 Å². The van der Waals surface area contributed by atoms with Crippen molar-refractivity contribution in [2.45, 2.75) is 6.42 Å².